The van der Waals surface area contributed by atoms with Crippen LogP contribution in [-0.4, -0.2) is 47.1 Å². The van der Waals surface area contributed by atoms with Gasteiger partial charge in [-0.15, -0.1) is 0 Å². The maximum absolute atomic E-state index is 13.0. The molecule has 1 unspecified atom stereocenters. The lowest BCUT2D eigenvalue weighted by Gasteiger charge is -2.33. The molecule has 1 fully saturated rings. The van der Waals surface area contributed by atoms with E-state index in [-0.39, 0.29) is 10.8 Å². The van der Waals surface area contributed by atoms with E-state index in [1.165, 1.54) is 4.31 Å². The molecule has 1 aliphatic heterocycles. The molecule has 1 atom stereocenters. The van der Waals surface area contributed by atoms with Gasteiger partial charge in [-0.05, 0) is 37.1 Å². The quantitative estimate of drug-likeness (QED) is 0.673. The van der Waals surface area contributed by atoms with E-state index < -0.39 is 16.1 Å². The normalized spacial score (nSPS) is 18.0. The summed E-state index contributed by atoms with van der Waals surface area (Å²) in [6.07, 6.45) is 6.59. The minimum absolute atomic E-state index is 0.226. The number of hydrogen-bond acceptors (Lipinski definition) is 4. The lowest BCUT2D eigenvalue weighted by atomic mass is 10.0. The second-order valence-corrected chi connectivity index (χ2v) is 9.07. The molecule has 7 nitrogen and oxygen atoms in total. The smallest absolute Gasteiger partial charge is 0.243 e. The Morgan fingerprint density at radius 2 is 1.90 bits per heavy atom. The molecule has 29 heavy (non-hydrogen) atoms. The van der Waals surface area contributed by atoms with Gasteiger partial charge in [0.05, 0.1) is 10.6 Å². The Morgan fingerprint density at radius 3 is 2.69 bits per heavy atom. The van der Waals surface area contributed by atoms with Crippen molar-refractivity contribution in [3.05, 3.63) is 66.6 Å². The summed E-state index contributed by atoms with van der Waals surface area (Å²) >= 11 is 0. The summed E-state index contributed by atoms with van der Waals surface area (Å²) in [5, 5.41) is 2.90. The molecule has 1 saturated heterocycles. The maximum Gasteiger partial charge on any atom is 0.243 e. The van der Waals surface area contributed by atoms with E-state index >= 15 is 0 Å². The molecule has 8 heteroatoms. The fraction of sp³-hybridized carbons (Fsp3) is 0.333. The third kappa shape index (κ3) is 4.18. The van der Waals surface area contributed by atoms with Crippen LogP contribution < -0.4 is 5.32 Å². The van der Waals surface area contributed by atoms with Gasteiger partial charge >= 0.3 is 0 Å². The van der Waals surface area contributed by atoms with Gasteiger partial charge in [0.15, 0.2) is 0 Å². The number of sulfonamides is 1. The van der Waals surface area contributed by atoms with Gasteiger partial charge in [0, 0.05) is 31.9 Å². The van der Waals surface area contributed by atoms with Crippen molar-refractivity contribution >= 4 is 21.6 Å². The Balaban J connectivity index is 1.42. The zero-order chi connectivity index (χ0) is 20.3. The first-order valence-electron chi connectivity index (χ1n) is 9.83. The first-order valence-corrected chi connectivity index (χ1v) is 11.3. The number of aromatic nitrogens is 2. The highest BCUT2D eigenvalue weighted by atomic mass is 32.2. The monoisotopic (exact) mass is 412 g/mol. The van der Waals surface area contributed by atoms with Crippen LogP contribution in [0.5, 0.6) is 0 Å². The zero-order valence-electron chi connectivity index (χ0n) is 16.1. The largest absolute Gasteiger partial charge is 0.354 e. The van der Waals surface area contributed by atoms with Crippen LogP contribution in [0.15, 0.2) is 65.8 Å². The Hall–Kier alpha value is -2.71. The van der Waals surface area contributed by atoms with Gasteiger partial charge in [0.25, 0.3) is 0 Å². The Kier molecular flexibility index (Phi) is 5.64. The summed E-state index contributed by atoms with van der Waals surface area (Å²) in [4.78, 5) is 17.6. The van der Waals surface area contributed by atoms with E-state index in [4.69, 9.17) is 0 Å². The standard InChI is InChI=1S/C21H24N4O3S/c26-21(22-13-12-17-16-24-14-6-5-11-20(24)23-17)19-10-4-7-15-25(19)29(27,28)18-8-2-1-3-9-18/h1-3,5-6,8-9,11,14,16,19H,4,7,10,12-13,15H2,(H,22,26). The molecule has 0 spiro atoms. The molecule has 2 aromatic heterocycles. The van der Waals surface area contributed by atoms with Crippen LogP contribution in [-0.2, 0) is 21.2 Å². The number of pyridine rings is 1. The molecule has 3 heterocycles. The number of hydrogen-bond donors (Lipinski definition) is 1. The molecule has 3 aromatic rings. The Labute approximate surface area is 170 Å². The first-order chi connectivity index (χ1) is 14.1. The third-order valence-corrected chi connectivity index (χ3v) is 7.12. The molecule has 1 aliphatic rings. The van der Waals surface area contributed by atoms with Crippen LogP contribution in [0.2, 0.25) is 0 Å². The van der Waals surface area contributed by atoms with Gasteiger partial charge in [-0.25, -0.2) is 13.4 Å². The van der Waals surface area contributed by atoms with Crippen molar-refractivity contribution in [3.63, 3.8) is 0 Å². The van der Waals surface area contributed by atoms with Crippen LogP contribution >= 0.6 is 0 Å². The van der Waals surface area contributed by atoms with Crippen molar-refractivity contribution in [1.29, 1.82) is 0 Å². The highest BCUT2D eigenvalue weighted by Crippen LogP contribution is 2.25. The number of benzene rings is 1. The van der Waals surface area contributed by atoms with Gasteiger partial charge in [0.2, 0.25) is 15.9 Å². The summed E-state index contributed by atoms with van der Waals surface area (Å²) in [5.74, 6) is -0.243. The van der Waals surface area contributed by atoms with E-state index in [2.05, 4.69) is 10.3 Å². The summed E-state index contributed by atoms with van der Waals surface area (Å²) in [6.45, 7) is 0.778. The number of carbonyl (C=O) groups excluding carboxylic acids is 1. The van der Waals surface area contributed by atoms with Crippen molar-refractivity contribution in [2.75, 3.05) is 13.1 Å². The van der Waals surface area contributed by atoms with E-state index in [1.807, 2.05) is 35.0 Å². The van der Waals surface area contributed by atoms with Crippen molar-refractivity contribution in [3.8, 4) is 0 Å². The number of amides is 1. The Morgan fingerprint density at radius 1 is 1.10 bits per heavy atom. The number of imidazole rings is 1. The van der Waals surface area contributed by atoms with Crippen LogP contribution in [0.4, 0.5) is 0 Å². The average molecular weight is 413 g/mol. The topological polar surface area (TPSA) is 83.8 Å². The van der Waals surface area contributed by atoms with Gasteiger partial charge in [0.1, 0.15) is 11.7 Å². The SMILES string of the molecule is O=C(NCCc1cn2ccccc2n1)C1CCCCN1S(=O)(=O)c1ccccc1. The van der Waals surface area contributed by atoms with Gasteiger partial charge < -0.3 is 9.72 Å². The summed E-state index contributed by atoms with van der Waals surface area (Å²) in [7, 11) is -3.69. The summed E-state index contributed by atoms with van der Waals surface area (Å²) in [6, 6.07) is 13.4. The predicted octanol–water partition coefficient (Wildman–Crippen LogP) is 2.24. The fourth-order valence-electron chi connectivity index (χ4n) is 3.72. The van der Waals surface area contributed by atoms with Crippen LogP contribution in [0.25, 0.3) is 5.65 Å². The lowest BCUT2D eigenvalue weighted by molar-refractivity contribution is -0.125. The average Bonchev–Trinajstić information content (AvgIpc) is 3.17. The van der Waals surface area contributed by atoms with Crippen LogP contribution in [0, 0.1) is 0 Å². The lowest BCUT2D eigenvalue weighted by Crippen LogP contribution is -2.52. The molecule has 0 radical (unpaired) electrons. The number of fused-ring (bicyclic) bond motifs is 1. The maximum atomic E-state index is 13.0. The molecule has 0 saturated carbocycles. The molecule has 4 rings (SSSR count). The van der Waals surface area contributed by atoms with E-state index in [9.17, 15) is 13.2 Å². The second-order valence-electron chi connectivity index (χ2n) is 7.18. The minimum atomic E-state index is -3.69. The highest BCUT2D eigenvalue weighted by Gasteiger charge is 2.37. The van der Waals surface area contributed by atoms with Crippen molar-refractivity contribution in [2.45, 2.75) is 36.6 Å². The van der Waals surface area contributed by atoms with Crippen molar-refractivity contribution < 1.29 is 13.2 Å². The summed E-state index contributed by atoms with van der Waals surface area (Å²) in [5.41, 5.74) is 1.75. The van der Waals surface area contributed by atoms with Crippen LogP contribution in [0.1, 0.15) is 25.0 Å². The zero-order valence-corrected chi connectivity index (χ0v) is 16.9. The van der Waals surface area contributed by atoms with Crippen molar-refractivity contribution in [2.24, 2.45) is 0 Å². The third-order valence-electron chi connectivity index (χ3n) is 5.20. The number of nitrogens with zero attached hydrogens (tertiary/aromatic N) is 3. The summed E-state index contributed by atoms with van der Waals surface area (Å²) < 4.78 is 29.4. The molecule has 152 valence electrons. The number of rotatable bonds is 6. The minimum Gasteiger partial charge on any atom is -0.354 e. The Bertz CT molecular complexity index is 1060. The molecule has 0 bridgehead atoms. The van der Waals surface area contributed by atoms with E-state index in [0.29, 0.717) is 25.9 Å². The molecular formula is C21H24N4O3S. The second kappa shape index (κ2) is 8.34. The van der Waals surface area contributed by atoms with Gasteiger partial charge in [-0.3, -0.25) is 4.79 Å². The van der Waals surface area contributed by atoms with Gasteiger partial charge in [-0.1, -0.05) is 30.7 Å². The number of nitrogens with one attached hydrogen (secondary N) is 1. The number of piperidine rings is 1. The molecule has 1 amide bonds. The van der Waals surface area contributed by atoms with E-state index in [0.717, 1.165) is 24.2 Å². The molecule has 0 aliphatic carbocycles. The molecular weight excluding hydrogens is 388 g/mol. The van der Waals surface area contributed by atoms with E-state index in [1.54, 1.807) is 30.3 Å². The molecule has 1 N–H and O–H groups in total. The number of carbonyl (C=O) groups is 1. The van der Waals surface area contributed by atoms with Crippen molar-refractivity contribution in [1.82, 2.24) is 19.0 Å². The molecule has 1 aromatic carbocycles. The van der Waals surface area contributed by atoms with Crippen LogP contribution in [0.3, 0.4) is 0 Å². The van der Waals surface area contributed by atoms with Gasteiger partial charge in [-0.2, -0.15) is 4.31 Å². The fourth-order valence-corrected chi connectivity index (χ4v) is 5.40. The first kappa shape index (κ1) is 19.6. The predicted molar refractivity (Wildman–Crippen MR) is 110 cm³/mol. The highest BCUT2D eigenvalue weighted by molar-refractivity contribution is 7.89.